The fourth-order valence-electron chi connectivity index (χ4n) is 2.22. The van der Waals surface area contributed by atoms with E-state index < -0.39 is 0 Å². The highest BCUT2D eigenvalue weighted by Gasteiger charge is 2.21. The van der Waals surface area contributed by atoms with Crippen molar-refractivity contribution >= 4 is 56.6 Å². The molecule has 0 saturated heterocycles. The van der Waals surface area contributed by atoms with Crippen LogP contribution in [-0.4, -0.2) is 10.7 Å². The lowest BCUT2D eigenvalue weighted by atomic mass is 10.0. The molecule has 3 rings (SSSR count). The van der Waals surface area contributed by atoms with E-state index in [4.69, 9.17) is 23.2 Å². The average molecular weight is 390 g/mol. The van der Waals surface area contributed by atoms with E-state index in [9.17, 15) is 0 Å². The van der Waals surface area contributed by atoms with Gasteiger partial charge in [-0.1, -0.05) is 23.2 Å². The Labute approximate surface area is 140 Å². The number of anilines is 1. The van der Waals surface area contributed by atoms with Gasteiger partial charge in [0.2, 0.25) is 0 Å². The van der Waals surface area contributed by atoms with E-state index in [1.54, 1.807) is 6.20 Å². The van der Waals surface area contributed by atoms with Crippen LogP contribution < -0.4 is 5.32 Å². The molecule has 1 aromatic heterocycles. The number of fused-ring (bicyclic) bond motifs is 1. The van der Waals surface area contributed by atoms with Crippen molar-refractivity contribution in [1.82, 2.24) is 4.98 Å². The van der Waals surface area contributed by atoms with Crippen molar-refractivity contribution in [2.24, 2.45) is 0 Å². The molecule has 1 N–H and O–H groups in total. The molecule has 20 heavy (non-hydrogen) atoms. The van der Waals surface area contributed by atoms with Crippen LogP contribution in [0.3, 0.4) is 0 Å². The maximum absolute atomic E-state index is 6.12. The minimum atomic E-state index is 0.250. The van der Waals surface area contributed by atoms with Crippen LogP contribution in [0.2, 0.25) is 10.2 Å². The third-order valence-electron chi connectivity index (χ3n) is 3.15. The lowest BCUT2D eigenvalue weighted by Gasteiger charge is -2.27. The van der Waals surface area contributed by atoms with Gasteiger partial charge in [-0.2, -0.15) is 0 Å². The maximum Gasteiger partial charge on any atom is 0.143 e. The van der Waals surface area contributed by atoms with Gasteiger partial charge >= 0.3 is 0 Å². The van der Waals surface area contributed by atoms with Gasteiger partial charge in [-0.05, 0) is 52.2 Å². The molecule has 104 valence electrons. The van der Waals surface area contributed by atoms with Crippen LogP contribution in [0, 0.1) is 0 Å². The molecule has 2 aromatic rings. The van der Waals surface area contributed by atoms with Gasteiger partial charge in [-0.15, -0.1) is 11.8 Å². The first-order valence-electron chi connectivity index (χ1n) is 6.13. The second-order valence-corrected chi connectivity index (χ2v) is 7.30. The monoisotopic (exact) mass is 388 g/mol. The zero-order chi connectivity index (χ0) is 14.1. The van der Waals surface area contributed by atoms with Crippen molar-refractivity contribution in [1.29, 1.82) is 0 Å². The number of nitrogens with one attached hydrogen (secondary N) is 1. The zero-order valence-corrected chi connectivity index (χ0v) is 14.3. The van der Waals surface area contributed by atoms with E-state index in [1.807, 2.05) is 30.0 Å². The SMILES string of the molecule is Clc1ccc2c(c1)C(Nc1cnc(Cl)c(Br)c1)CCS2. The van der Waals surface area contributed by atoms with Crippen molar-refractivity contribution in [2.45, 2.75) is 17.4 Å². The number of rotatable bonds is 2. The Balaban J connectivity index is 1.89. The fraction of sp³-hybridized carbons (Fsp3) is 0.214. The van der Waals surface area contributed by atoms with E-state index in [2.05, 4.69) is 32.3 Å². The lowest BCUT2D eigenvalue weighted by Crippen LogP contribution is -2.16. The third-order valence-corrected chi connectivity index (χ3v) is 5.64. The predicted octanol–water partition coefficient (Wildman–Crippen LogP) is 5.80. The Morgan fingerprint density at radius 2 is 2.15 bits per heavy atom. The van der Waals surface area contributed by atoms with Crippen LogP contribution in [0.25, 0.3) is 0 Å². The van der Waals surface area contributed by atoms with Crippen LogP contribution in [0.1, 0.15) is 18.0 Å². The molecule has 0 fully saturated rings. The Morgan fingerprint density at radius 1 is 1.30 bits per heavy atom. The highest BCUT2D eigenvalue weighted by atomic mass is 79.9. The molecule has 0 radical (unpaired) electrons. The van der Waals surface area contributed by atoms with Crippen LogP contribution in [0.15, 0.2) is 39.8 Å². The molecule has 2 nitrogen and oxygen atoms in total. The molecule has 2 heterocycles. The quantitative estimate of drug-likeness (QED) is 0.657. The van der Waals surface area contributed by atoms with Gasteiger partial charge in [-0.25, -0.2) is 4.98 Å². The summed E-state index contributed by atoms with van der Waals surface area (Å²) in [5.41, 5.74) is 2.20. The number of pyridine rings is 1. The van der Waals surface area contributed by atoms with Crippen molar-refractivity contribution in [3.63, 3.8) is 0 Å². The smallest absolute Gasteiger partial charge is 0.143 e. The highest BCUT2D eigenvalue weighted by Crippen LogP contribution is 2.39. The highest BCUT2D eigenvalue weighted by molar-refractivity contribution is 9.10. The summed E-state index contributed by atoms with van der Waals surface area (Å²) in [6.07, 6.45) is 2.80. The summed E-state index contributed by atoms with van der Waals surface area (Å²) in [6, 6.07) is 8.27. The average Bonchev–Trinajstić information content (AvgIpc) is 2.44. The summed E-state index contributed by atoms with van der Waals surface area (Å²) in [6.45, 7) is 0. The van der Waals surface area contributed by atoms with Gasteiger partial charge in [0.05, 0.1) is 22.4 Å². The number of thioether (sulfide) groups is 1. The molecule has 0 bridgehead atoms. The van der Waals surface area contributed by atoms with Gasteiger partial charge in [0, 0.05) is 15.7 Å². The van der Waals surface area contributed by atoms with Gasteiger partial charge in [0.25, 0.3) is 0 Å². The fourth-order valence-corrected chi connectivity index (χ4v) is 3.96. The molecule has 1 aliphatic heterocycles. The summed E-state index contributed by atoms with van der Waals surface area (Å²) in [7, 11) is 0. The number of halogens is 3. The summed E-state index contributed by atoms with van der Waals surface area (Å²) < 4.78 is 0.792. The molecule has 0 spiro atoms. The summed E-state index contributed by atoms with van der Waals surface area (Å²) >= 11 is 17.3. The molecule has 6 heteroatoms. The molecule has 1 unspecified atom stereocenters. The van der Waals surface area contributed by atoms with Crippen molar-refractivity contribution in [3.05, 3.63) is 50.7 Å². The first-order chi connectivity index (χ1) is 9.63. The van der Waals surface area contributed by atoms with E-state index in [1.165, 1.54) is 10.5 Å². The summed E-state index contributed by atoms with van der Waals surface area (Å²) in [5.74, 6) is 1.09. The summed E-state index contributed by atoms with van der Waals surface area (Å²) in [5, 5.41) is 4.75. The van der Waals surface area contributed by atoms with E-state index in [0.29, 0.717) is 5.15 Å². The van der Waals surface area contributed by atoms with Crippen LogP contribution in [0.4, 0.5) is 5.69 Å². The second-order valence-electron chi connectivity index (χ2n) is 4.51. The van der Waals surface area contributed by atoms with Crippen LogP contribution in [0.5, 0.6) is 0 Å². The lowest BCUT2D eigenvalue weighted by molar-refractivity contribution is 0.728. The van der Waals surface area contributed by atoms with Gasteiger partial charge in [-0.3, -0.25) is 0 Å². The standard InChI is InChI=1S/C14H11BrCl2N2S/c15-11-6-9(7-18-14(11)17)19-12-3-4-20-13-2-1-8(16)5-10(12)13/h1-2,5-7,12,19H,3-4H2. The minimum Gasteiger partial charge on any atom is -0.377 e. The Morgan fingerprint density at radius 3 is 2.95 bits per heavy atom. The number of benzene rings is 1. The first kappa shape index (κ1) is 14.5. The molecular weight excluding hydrogens is 379 g/mol. The van der Waals surface area contributed by atoms with Crippen molar-refractivity contribution in [2.75, 3.05) is 11.1 Å². The van der Waals surface area contributed by atoms with Gasteiger partial charge < -0.3 is 5.32 Å². The molecule has 0 amide bonds. The number of hydrogen-bond acceptors (Lipinski definition) is 3. The predicted molar refractivity (Wildman–Crippen MR) is 90.1 cm³/mol. The number of nitrogens with zero attached hydrogens (tertiary/aromatic N) is 1. The summed E-state index contributed by atoms with van der Waals surface area (Å²) in [4.78, 5) is 5.43. The maximum atomic E-state index is 6.12. The topological polar surface area (TPSA) is 24.9 Å². The second kappa shape index (κ2) is 6.14. The van der Waals surface area contributed by atoms with E-state index in [0.717, 1.165) is 27.4 Å². The van der Waals surface area contributed by atoms with Crippen LogP contribution in [-0.2, 0) is 0 Å². The van der Waals surface area contributed by atoms with Crippen LogP contribution >= 0.6 is 50.9 Å². The Bertz CT molecular complexity index is 651. The molecule has 0 saturated carbocycles. The number of aromatic nitrogens is 1. The largest absolute Gasteiger partial charge is 0.377 e. The first-order valence-corrected chi connectivity index (χ1v) is 8.67. The van der Waals surface area contributed by atoms with Gasteiger partial charge in [0.1, 0.15) is 5.15 Å². The van der Waals surface area contributed by atoms with Crippen molar-refractivity contribution in [3.8, 4) is 0 Å². The van der Waals surface area contributed by atoms with E-state index in [-0.39, 0.29) is 6.04 Å². The minimum absolute atomic E-state index is 0.250. The molecular formula is C14H11BrCl2N2S. The van der Waals surface area contributed by atoms with E-state index >= 15 is 0 Å². The molecule has 1 aliphatic rings. The Hall–Kier alpha value is -0.420. The van der Waals surface area contributed by atoms with Crippen molar-refractivity contribution < 1.29 is 0 Å². The third kappa shape index (κ3) is 3.08. The Kier molecular flexibility index (Phi) is 4.46. The normalized spacial score (nSPS) is 17.6. The zero-order valence-electron chi connectivity index (χ0n) is 10.4. The molecule has 0 aliphatic carbocycles. The molecule has 1 atom stereocenters. The van der Waals surface area contributed by atoms with Gasteiger partial charge in [0.15, 0.2) is 0 Å². The number of hydrogen-bond donors (Lipinski definition) is 1. The molecule has 1 aromatic carbocycles.